The maximum absolute atomic E-state index is 13.6. The molecule has 0 aromatic heterocycles. The standard InChI is InChI=1S/C15H16FNOS/c1-11-9-15(13(16)10-14(11)17)18-7-8-19-12-5-3-2-4-6-12/h2-6,9-10H,7-8,17H2,1H3. The van der Waals surface area contributed by atoms with Gasteiger partial charge < -0.3 is 10.5 Å². The molecule has 0 saturated heterocycles. The predicted octanol–water partition coefficient (Wildman–Crippen LogP) is 3.89. The molecule has 2 aromatic carbocycles. The fourth-order valence-electron chi connectivity index (χ4n) is 1.61. The van der Waals surface area contributed by atoms with Gasteiger partial charge in [-0.1, -0.05) is 18.2 Å². The molecule has 0 bridgehead atoms. The Bertz CT molecular complexity index is 545. The summed E-state index contributed by atoms with van der Waals surface area (Å²) in [7, 11) is 0. The molecule has 0 unspecified atom stereocenters. The van der Waals surface area contributed by atoms with E-state index in [9.17, 15) is 4.39 Å². The molecule has 2 nitrogen and oxygen atoms in total. The van der Waals surface area contributed by atoms with E-state index in [1.54, 1.807) is 17.8 Å². The maximum atomic E-state index is 13.6. The Morgan fingerprint density at radius 2 is 1.95 bits per heavy atom. The number of hydrogen-bond donors (Lipinski definition) is 1. The van der Waals surface area contributed by atoms with Crippen LogP contribution in [-0.2, 0) is 0 Å². The molecule has 19 heavy (non-hydrogen) atoms. The maximum Gasteiger partial charge on any atom is 0.167 e. The number of nitrogen functional groups attached to an aromatic ring is 1. The summed E-state index contributed by atoms with van der Waals surface area (Å²) in [5, 5.41) is 0. The van der Waals surface area contributed by atoms with Crippen LogP contribution in [0.4, 0.5) is 10.1 Å². The second-order valence-corrected chi connectivity index (χ2v) is 5.32. The Morgan fingerprint density at radius 1 is 1.21 bits per heavy atom. The monoisotopic (exact) mass is 277 g/mol. The summed E-state index contributed by atoms with van der Waals surface area (Å²) < 4.78 is 19.0. The quantitative estimate of drug-likeness (QED) is 0.511. The predicted molar refractivity (Wildman–Crippen MR) is 78.2 cm³/mol. The lowest BCUT2D eigenvalue weighted by molar-refractivity contribution is 0.325. The molecule has 4 heteroatoms. The van der Waals surface area contributed by atoms with Gasteiger partial charge in [-0.05, 0) is 30.7 Å². The second-order valence-electron chi connectivity index (χ2n) is 4.15. The van der Waals surface area contributed by atoms with Gasteiger partial charge in [0.05, 0.1) is 6.61 Å². The molecule has 0 saturated carbocycles. The summed E-state index contributed by atoms with van der Waals surface area (Å²) in [5.74, 6) is 0.626. The summed E-state index contributed by atoms with van der Waals surface area (Å²) in [4.78, 5) is 1.18. The molecule has 2 rings (SSSR count). The zero-order valence-electron chi connectivity index (χ0n) is 10.7. The average molecular weight is 277 g/mol. The van der Waals surface area contributed by atoms with Gasteiger partial charge in [0, 0.05) is 22.4 Å². The van der Waals surface area contributed by atoms with Gasteiger partial charge in [0.2, 0.25) is 0 Å². The molecule has 0 heterocycles. The van der Waals surface area contributed by atoms with Crippen LogP contribution >= 0.6 is 11.8 Å². The van der Waals surface area contributed by atoms with E-state index in [0.29, 0.717) is 12.3 Å². The van der Waals surface area contributed by atoms with E-state index in [1.165, 1.54) is 11.0 Å². The summed E-state index contributed by atoms with van der Waals surface area (Å²) in [6, 6.07) is 13.0. The van der Waals surface area contributed by atoms with Crippen molar-refractivity contribution >= 4 is 17.4 Å². The number of aryl methyl sites for hydroxylation is 1. The molecule has 0 radical (unpaired) electrons. The summed E-state index contributed by atoms with van der Waals surface area (Å²) >= 11 is 1.68. The van der Waals surface area contributed by atoms with E-state index in [4.69, 9.17) is 10.5 Å². The highest BCUT2D eigenvalue weighted by Crippen LogP contribution is 2.24. The van der Waals surface area contributed by atoms with Crippen LogP contribution in [0.3, 0.4) is 0 Å². The Labute approximate surface area is 116 Å². The van der Waals surface area contributed by atoms with Crippen molar-refractivity contribution in [3.05, 3.63) is 53.8 Å². The van der Waals surface area contributed by atoms with Gasteiger partial charge in [-0.25, -0.2) is 4.39 Å². The van der Waals surface area contributed by atoms with Crippen molar-refractivity contribution < 1.29 is 9.13 Å². The molecule has 0 amide bonds. The fourth-order valence-corrected chi connectivity index (χ4v) is 2.36. The summed E-state index contributed by atoms with van der Waals surface area (Å²) in [5.41, 5.74) is 6.89. The SMILES string of the molecule is Cc1cc(OCCSc2ccccc2)c(F)cc1N. The minimum absolute atomic E-state index is 0.264. The molecular formula is C15H16FNOS. The van der Waals surface area contributed by atoms with Crippen LogP contribution < -0.4 is 10.5 Å². The Balaban J connectivity index is 1.85. The molecule has 2 aromatic rings. The van der Waals surface area contributed by atoms with Crippen LogP contribution in [0.2, 0.25) is 0 Å². The smallest absolute Gasteiger partial charge is 0.167 e. The number of anilines is 1. The van der Waals surface area contributed by atoms with Crippen LogP contribution in [-0.4, -0.2) is 12.4 Å². The van der Waals surface area contributed by atoms with Gasteiger partial charge in [-0.2, -0.15) is 0 Å². The minimum atomic E-state index is -0.409. The largest absolute Gasteiger partial charge is 0.490 e. The summed E-state index contributed by atoms with van der Waals surface area (Å²) in [6.07, 6.45) is 0. The number of thioether (sulfide) groups is 1. The first kappa shape index (κ1) is 13.7. The van der Waals surface area contributed by atoms with Crippen molar-refractivity contribution in [3.8, 4) is 5.75 Å². The normalized spacial score (nSPS) is 10.4. The van der Waals surface area contributed by atoms with Gasteiger partial charge in [-0.15, -0.1) is 11.8 Å². The molecule has 0 aliphatic carbocycles. The highest BCUT2D eigenvalue weighted by Gasteiger charge is 2.06. The van der Waals surface area contributed by atoms with Gasteiger partial charge in [0.25, 0.3) is 0 Å². The third-order valence-corrected chi connectivity index (χ3v) is 3.65. The average Bonchev–Trinajstić information content (AvgIpc) is 2.41. The first-order valence-corrected chi connectivity index (χ1v) is 7.01. The lowest BCUT2D eigenvalue weighted by Gasteiger charge is -2.09. The first-order valence-electron chi connectivity index (χ1n) is 6.03. The molecule has 0 spiro atoms. The first-order chi connectivity index (χ1) is 9.16. The minimum Gasteiger partial charge on any atom is -0.490 e. The van der Waals surface area contributed by atoms with Crippen LogP contribution in [0.25, 0.3) is 0 Å². The topological polar surface area (TPSA) is 35.2 Å². The van der Waals surface area contributed by atoms with Gasteiger partial charge in [0.15, 0.2) is 11.6 Å². The van der Waals surface area contributed by atoms with Crippen molar-refractivity contribution in [1.82, 2.24) is 0 Å². The zero-order chi connectivity index (χ0) is 13.7. The molecule has 0 aliphatic heterocycles. The lowest BCUT2D eigenvalue weighted by atomic mass is 10.2. The van der Waals surface area contributed by atoms with E-state index in [0.717, 1.165) is 11.3 Å². The molecule has 0 atom stereocenters. The molecule has 0 fully saturated rings. The van der Waals surface area contributed by atoms with Crippen LogP contribution in [0, 0.1) is 12.7 Å². The third kappa shape index (κ3) is 3.89. The van der Waals surface area contributed by atoms with Gasteiger partial charge in [-0.3, -0.25) is 0 Å². The van der Waals surface area contributed by atoms with Crippen molar-refractivity contribution in [2.75, 3.05) is 18.1 Å². The van der Waals surface area contributed by atoms with E-state index in [1.807, 2.05) is 37.3 Å². The Morgan fingerprint density at radius 3 is 2.68 bits per heavy atom. The van der Waals surface area contributed by atoms with E-state index < -0.39 is 5.82 Å². The van der Waals surface area contributed by atoms with Gasteiger partial charge in [0.1, 0.15) is 0 Å². The number of halogens is 1. The van der Waals surface area contributed by atoms with Crippen LogP contribution in [0.1, 0.15) is 5.56 Å². The molecule has 0 aliphatic rings. The fraction of sp³-hybridized carbons (Fsp3) is 0.200. The second kappa shape index (κ2) is 6.48. The highest BCUT2D eigenvalue weighted by atomic mass is 32.2. The number of ether oxygens (including phenoxy) is 1. The Kier molecular flexibility index (Phi) is 4.68. The van der Waals surface area contributed by atoms with Crippen molar-refractivity contribution in [1.29, 1.82) is 0 Å². The number of hydrogen-bond acceptors (Lipinski definition) is 3. The molecular weight excluding hydrogens is 261 g/mol. The molecule has 2 N–H and O–H groups in total. The number of benzene rings is 2. The van der Waals surface area contributed by atoms with Crippen molar-refractivity contribution in [3.63, 3.8) is 0 Å². The highest BCUT2D eigenvalue weighted by molar-refractivity contribution is 7.99. The van der Waals surface area contributed by atoms with Crippen molar-refractivity contribution in [2.45, 2.75) is 11.8 Å². The summed E-state index contributed by atoms with van der Waals surface area (Å²) in [6.45, 7) is 2.29. The molecule has 100 valence electrons. The van der Waals surface area contributed by atoms with Gasteiger partial charge >= 0.3 is 0 Å². The van der Waals surface area contributed by atoms with Crippen LogP contribution in [0.15, 0.2) is 47.4 Å². The van der Waals surface area contributed by atoms with E-state index in [-0.39, 0.29) is 5.75 Å². The Hall–Kier alpha value is -1.68. The number of rotatable bonds is 5. The zero-order valence-corrected chi connectivity index (χ0v) is 11.5. The lowest BCUT2D eigenvalue weighted by Crippen LogP contribution is -2.03. The number of nitrogens with two attached hydrogens (primary N) is 1. The third-order valence-electron chi connectivity index (χ3n) is 2.67. The van der Waals surface area contributed by atoms with E-state index >= 15 is 0 Å². The van der Waals surface area contributed by atoms with Crippen LogP contribution in [0.5, 0.6) is 5.75 Å². The van der Waals surface area contributed by atoms with Crippen molar-refractivity contribution in [2.24, 2.45) is 0 Å². The van der Waals surface area contributed by atoms with E-state index in [2.05, 4.69) is 0 Å².